The molecule has 25 heavy (non-hydrogen) atoms. The van der Waals surface area contributed by atoms with Gasteiger partial charge in [-0.25, -0.2) is 0 Å². The predicted molar refractivity (Wildman–Crippen MR) is 102 cm³/mol. The van der Waals surface area contributed by atoms with Crippen molar-refractivity contribution in [1.82, 2.24) is 0 Å². The molecule has 1 heterocycles. The van der Waals surface area contributed by atoms with Gasteiger partial charge in [-0.2, -0.15) is 0 Å². The summed E-state index contributed by atoms with van der Waals surface area (Å²) < 4.78 is 5.55. The Morgan fingerprint density at radius 2 is 1.36 bits per heavy atom. The molecule has 0 atom stereocenters. The van der Waals surface area contributed by atoms with Crippen LogP contribution in [0.25, 0.3) is 11.0 Å². The Balaban J connectivity index is 1.95. The normalized spacial score (nSPS) is 10.8. The number of fused-ring (bicyclic) bond motifs is 1. The minimum Gasteiger partial charge on any atom is -0.464 e. The van der Waals surface area contributed by atoms with E-state index in [1.54, 1.807) is 6.92 Å². The summed E-state index contributed by atoms with van der Waals surface area (Å²) in [7, 11) is 0. The third-order valence-electron chi connectivity index (χ3n) is 4.22. The van der Waals surface area contributed by atoms with Crippen LogP contribution in [0.3, 0.4) is 0 Å². The molecule has 4 aromatic rings. The highest BCUT2D eigenvalue weighted by Crippen LogP contribution is 2.35. The van der Waals surface area contributed by atoms with Crippen molar-refractivity contribution >= 4 is 28.0 Å². The fourth-order valence-corrected chi connectivity index (χ4v) is 2.96. The van der Waals surface area contributed by atoms with Crippen LogP contribution in [-0.4, -0.2) is 0 Å². The van der Waals surface area contributed by atoms with Crippen LogP contribution < -0.4 is 10.3 Å². The lowest BCUT2D eigenvalue weighted by molar-refractivity contribution is 0.597. The minimum absolute atomic E-state index is 0.00386. The summed E-state index contributed by atoms with van der Waals surface area (Å²) in [6.07, 6.45) is 1.51. The predicted octanol–water partition coefficient (Wildman–Crippen LogP) is 5.57. The van der Waals surface area contributed by atoms with Crippen LogP contribution in [0.1, 0.15) is 5.56 Å². The SMILES string of the molecule is Cc1coc2ccc(N(c3ccccc3)c3ccccc3)cc2c1=O. The molecule has 3 nitrogen and oxygen atoms in total. The number of para-hydroxylation sites is 2. The monoisotopic (exact) mass is 327 g/mol. The van der Waals surface area contributed by atoms with Crippen molar-refractivity contribution in [3.8, 4) is 0 Å². The fraction of sp³-hybridized carbons (Fsp3) is 0.0455. The summed E-state index contributed by atoms with van der Waals surface area (Å²) in [4.78, 5) is 14.6. The summed E-state index contributed by atoms with van der Waals surface area (Å²) in [5, 5.41) is 0.592. The lowest BCUT2D eigenvalue weighted by atomic mass is 10.1. The van der Waals surface area contributed by atoms with Crippen LogP contribution in [0.15, 0.2) is 94.3 Å². The number of nitrogens with zero attached hydrogens (tertiary/aromatic N) is 1. The van der Waals surface area contributed by atoms with E-state index < -0.39 is 0 Å². The highest BCUT2D eigenvalue weighted by atomic mass is 16.3. The second kappa shape index (κ2) is 6.29. The molecule has 4 rings (SSSR count). The maximum Gasteiger partial charge on any atom is 0.195 e. The zero-order valence-electron chi connectivity index (χ0n) is 13.8. The molecular weight excluding hydrogens is 310 g/mol. The lowest BCUT2D eigenvalue weighted by Gasteiger charge is -2.25. The van der Waals surface area contributed by atoms with Gasteiger partial charge in [-0.05, 0) is 49.4 Å². The van der Waals surface area contributed by atoms with E-state index >= 15 is 0 Å². The summed E-state index contributed by atoms with van der Waals surface area (Å²) in [6.45, 7) is 1.77. The lowest BCUT2D eigenvalue weighted by Crippen LogP contribution is -2.11. The summed E-state index contributed by atoms with van der Waals surface area (Å²) in [6, 6.07) is 25.9. The molecule has 0 amide bonds. The van der Waals surface area contributed by atoms with Gasteiger partial charge in [-0.1, -0.05) is 36.4 Å². The molecule has 3 heteroatoms. The Morgan fingerprint density at radius 3 is 1.96 bits per heavy atom. The fourth-order valence-electron chi connectivity index (χ4n) is 2.96. The first-order chi connectivity index (χ1) is 12.2. The Morgan fingerprint density at radius 1 is 0.760 bits per heavy atom. The van der Waals surface area contributed by atoms with Crippen molar-refractivity contribution in [2.45, 2.75) is 6.92 Å². The Labute approximate surface area is 145 Å². The first-order valence-corrected chi connectivity index (χ1v) is 8.16. The maximum absolute atomic E-state index is 12.5. The molecule has 0 fully saturated rings. The molecule has 3 aromatic carbocycles. The smallest absolute Gasteiger partial charge is 0.195 e. The maximum atomic E-state index is 12.5. The van der Waals surface area contributed by atoms with E-state index in [1.165, 1.54) is 6.26 Å². The van der Waals surface area contributed by atoms with Crippen molar-refractivity contribution in [1.29, 1.82) is 0 Å². The molecule has 0 aliphatic carbocycles. The van der Waals surface area contributed by atoms with E-state index in [0.29, 0.717) is 16.5 Å². The van der Waals surface area contributed by atoms with Crippen molar-refractivity contribution in [2.75, 3.05) is 4.90 Å². The minimum atomic E-state index is 0.00386. The number of benzene rings is 3. The van der Waals surface area contributed by atoms with Gasteiger partial charge in [0.1, 0.15) is 5.58 Å². The second-order valence-corrected chi connectivity index (χ2v) is 5.93. The summed E-state index contributed by atoms with van der Waals surface area (Å²) in [5.74, 6) is 0. The zero-order chi connectivity index (χ0) is 17.2. The van der Waals surface area contributed by atoms with Gasteiger partial charge in [0.15, 0.2) is 5.43 Å². The van der Waals surface area contributed by atoms with E-state index in [2.05, 4.69) is 29.2 Å². The van der Waals surface area contributed by atoms with Crippen LogP contribution >= 0.6 is 0 Å². The molecule has 0 bridgehead atoms. The van der Waals surface area contributed by atoms with E-state index in [-0.39, 0.29) is 5.43 Å². The molecule has 0 aliphatic heterocycles. The molecular formula is C22H17NO2. The van der Waals surface area contributed by atoms with Crippen LogP contribution in [0.2, 0.25) is 0 Å². The van der Waals surface area contributed by atoms with Gasteiger partial charge in [0.05, 0.1) is 11.6 Å². The molecule has 0 unspecified atom stereocenters. The number of hydrogen-bond donors (Lipinski definition) is 0. The third-order valence-corrected chi connectivity index (χ3v) is 4.22. The highest BCUT2D eigenvalue weighted by Gasteiger charge is 2.14. The van der Waals surface area contributed by atoms with Gasteiger partial charge in [0.25, 0.3) is 0 Å². The molecule has 122 valence electrons. The van der Waals surface area contributed by atoms with Crippen LogP contribution in [-0.2, 0) is 0 Å². The van der Waals surface area contributed by atoms with Gasteiger partial charge >= 0.3 is 0 Å². The van der Waals surface area contributed by atoms with Crippen molar-refractivity contribution < 1.29 is 4.42 Å². The van der Waals surface area contributed by atoms with Crippen molar-refractivity contribution in [2.24, 2.45) is 0 Å². The molecule has 0 radical (unpaired) electrons. The molecule has 0 aliphatic rings. The van der Waals surface area contributed by atoms with Gasteiger partial charge in [-0.15, -0.1) is 0 Å². The molecule has 0 spiro atoms. The van der Waals surface area contributed by atoms with Crippen LogP contribution in [0.4, 0.5) is 17.1 Å². The average molecular weight is 327 g/mol. The summed E-state index contributed by atoms with van der Waals surface area (Å²) in [5.41, 5.74) is 4.19. The van der Waals surface area contributed by atoms with Gasteiger partial charge < -0.3 is 9.32 Å². The Hall–Kier alpha value is -3.33. The van der Waals surface area contributed by atoms with E-state index in [1.807, 2.05) is 54.6 Å². The largest absolute Gasteiger partial charge is 0.464 e. The third kappa shape index (κ3) is 2.81. The molecule has 0 saturated heterocycles. The van der Waals surface area contributed by atoms with Gasteiger partial charge in [-0.3, -0.25) is 4.79 Å². The van der Waals surface area contributed by atoms with Crippen LogP contribution in [0, 0.1) is 6.92 Å². The number of hydrogen-bond acceptors (Lipinski definition) is 3. The van der Waals surface area contributed by atoms with Gasteiger partial charge in [0.2, 0.25) is 0 Å². The summed E-state index contributed by atoms with van der Waals surface area (Å²) >= 11 is 0. The molecule has 0 N–H and O–H groups in total. The Kier molecular flexibility index (Phi) is 3.82. The molecule has 0 saturated carbocycles. The van der Waals surface area contributed by atoms with E-state index in [9.17, 15) is 4.79 Å². The average Bonchev–Trinajstić information content (AvgIpc) is 2.67. The van der Waals surface area contributed by atoms with E-state index in [4.69, 9.17) is 4.42 Å². The number of aryl methyl sites for hydroxylation is 1. The van der Waals surface area contributed by atoms with Gasteiger partial charge in [0, 0.05) is 22.6 Å². The highest BCUT2D eigenvalue weighted by molar-refractivity contribution is 5.86. The van der Waals surface area contributed by atoms with E-state index in [0.717, 1.165) is 17.1 Å². The van der Waals surface area contributed by atoms with Crippen molar-refractivity contribution in [3.05, 3.63) is 101 Å². The van der Waals surface area contributed by atoms with Crippen molar-refractivity contribution in [3.63, 3.8) is 0 Å². The topological polar surface area (TPSA) is 33.5 Å². The quantitative estimate of drug-likeness (QED) is 0.493. The Bertz CT molecular complexity index is 1030. The number of rotatable bonds is 3. The van der Waals surface area contributed by atoms with Crippen LogP contribution in [0.5, 0.6) is 0 Å². The molecule has 1 aromatic heterocycles. The first kappa shape index (κ1) is 15.2. The first-order valence-electron chi connectivity index (χ1n) is 8.16. The zero-order valence-corrected chi connectivity index (χ0v) is 13.8. The second-order valence-electron chi connectivity index (χ2n) is 5.93. The number of anilines is 3. The standard InChI is InChI=1S/C22H17NO2/c1-16-15-25-21-13-12-19(14-20(21)22(16)24)23(17-8-4-2-5-9-17)18-10-6-3-7-11-18/h2-15H,1H3.